The molecular formula is C24H20N2O4. The molecule has 150 valence electrons. The Labute approximate surface area is 173 Å². The predicted molar refractivity (Wildman–Crippen MR) is 114 cm³/mol. The van der Waals surface area contributed by atoms with Crippen LogP contribution in [0.25, 0.3) is 0 Å². The Kier molecular flexibility index (Phi) is 5.88. The van der Waals surface area contributed by atoms with Crippen molar-refractivity contribution in [2.75, 3.05) is 4.90 Å². The van der Waals surface area contributed by atoms with Crippen molar-refractivity contribution < 1.29 is 19.2 Å². The number of hydrogen-bond acceptors (Lipinski definition) is 4. The lowest BCUT2D eigenvalue weighted by atomic mass is 10.1. The van der Waals surface area contributed by atoms with Crippen LogP contribution in [-0.2, 0) is 0 Å². The molecule has 6 heteroatoms. The first-order valence-corrected chi connectivity index (χ1v) is 9.24. The monoisotopic (exact) mass is 400 g/mol. The first-order valence-electron chi connectivity index (χ1n) is 9.24. The van der Waals surface area contributed by atoms with Crippen molar-refractivity contribution in [3.8, 4) is 0 Å². The molecule has 30 heavy (non-hydrogen) atoms. The number of benzene rings is 3. The van der Waals surface area contributed by atoms with E-state index < -0.39 is 5.91 Å². The Morgan fingerprint density at radius 2 is 0.900 bits per heavy atom. The molecule has 0 fully saturated rings. The molecule has 2 amide bonds. The molecule has 0 radical (unpaired) electrons. The summed E-state index contributed by atoms with van der Waals surface area (Å²) in [6.07, 6.45) is 0. The van der Waals surface area contributed by atoms with E-state index in [1.165, 1.54) is 43.0 Å². The quantitative estimate of drug-likeness (QED) is 0.628. The average Bonchev–Trinajstić information content (AvgIpc) is 2.74. The summed E-state index contributed by atoms with van der Waals surface area (Å²) in [7, 11) is 0. The van der Waals surface area contributed by atoms with Crippen molar-refractivity contribution in [3.63, 3.8) is 0 Å². The molecule has 0 atom stereocenters. The van der Waals surface area contributed by atoms with Gasteiger partial charge in [0, 0.05) is 33.6 Å². The molecule has 0 aliphatic rings. The van der Waals surface area contributed by atoms with Gasteiger partial charge in [0.05, 0.1) is 0 Å². The minimum atomic E-state index is -0.578. The number of rotatable bonds is 6. The summed E-state index contributed by atoms with van der Waals surface area (Å²) in [5.74, 6) is -1.07. The number of Topliss-reactive ketones (excluding diaryl/α,β-unsaturated/α-hetero) is 2. The molecule has 2 N–H and O–H groups in total. The maximum Gasteiger partial charge on any atom is 0.262 e. The summed E-state index contributed by atoms with van der Waals surface area (Å²) in [6, 6.07) is 19.4. The van der Waals surface area contributed by atoms with Gasteiger partial charge in [0.25, 0.3) is 5.91 Å². The molecule has 3 aromatic carbocycles. The van der Waals surface area contributed by atoms with Crippen LogP contribution in [0, 0.1) is 0 Å². The molecule has 0 unspecified atom stereocenters. The van der Waals surface area contributed by atoms with E-state index in [9.17, 15) is 19.2 Å². The molecule has 0 heterocycles. The summed E-state index contributed by atoms with van der Waals surface area (Å²) in [6.45, 7) is 2.94. The number of nitrogens with two attached hydrogens (primary N) is 1. The fraction of sp³-hybridized carbons (Fsp3) is 0.0833. The second-order valence-corrected chi connectivity index (χ2v) is 6.79. The first-order chi connectivity index (χ1) is 14.3. The average molecular weight is 400 g/mol. The van der Waals surface area contributed by atoms with Gasteiger partial charge in [-0.2, -0.15) is 0 Å². The van der Waals surface area contributed by atoms with Gasteiger partial charge in [-0.05, 0) is 86.6 Å². The summed E-state index contributed by atoms with van der Waals surface area (Å²) in [4.78, 5) is 49.3. The lowest BCUT2D eigenvalue weighted by Gasteiger charge is -2.23. The van der Waals surface area contributed by atoms with Gasteiger partial charge in [0.1, 0.15) is 0 Å². The number of carbonyl (C=O) groups excluding carboxylic acids is 4. The number of hydrogen-bond donors (Lipinski definition) is 1. The Hall–Kier alpha value is -4.06. The van der Waals surface area contributed by atoms with Crippen LogP contribution in [0.4, 0.5) is 11.4 Å². The highest BCUT2D eigenvalue weighted by Crippen LogP contribution is 2.28. The zero-order valence-corrected chi connectivity index (χ0v) is 16.6. The number of anilines is 2. The molecule has 6 nitrogen and oxygen atoms in total. The fourth-order valence-electron chi connectivity index (χ4n) is 2.98. The van der Waals surface area contributed by atoms with Crippen LogP contribution in [0.15, 0.2) is 72.8 Å². The zero-order valence-electron chi connectivity index (χ0n) is 16.6. The van der Waals surface area contributed by atoms with Crippen molar-refractivity contribution in [2.24, 2.45) is 5.73 Å². The van der Waals surface area contributed by atoms with E-state index in [0.717, 1.165) is 0 Å². The summed E-state index contributed by atoms with van der Waals surface area (Å²) in [5.41, 5.74) is 8.10. The lowest BCUT2D eigenvalue weighted by Crippen LogP contribution is -2.26. The van der Waals surface area contributed by atoms with E-state index in [0.29, 0.717) is 33.6 Å². The number of ketones is 2. The van der Waals surface area contributed by atoms with Gasteiger partial charge in [-0.15, -0.1) is 0 Å². The minimum absolute atomic E-state index is 0.0766. The van der Waals surface area contributed by atoms with Gasteiger partial charge in [0.2, 0.25) is 5.91 Å². The molecule has 3 rings (SSSR count). The maximum absolute atomic E-state index is 13.3. The highest BCUT2D eigenvalue weighted by Gasteiger charge is 2.21. The van der Waals surface area contributed by atoms with Gasteiger partial charge in [-0.1, -0.05) is 0 Å². The van der Waals surface area contributed by atoms with Crippen molar-refractivity contribution in [2.45, 2.75) is 13.8 Å². The Balaban J connectivity index is 2.06. The van der Waals surface area contributed by atoms with E-state index in [2.05, 4.69) is 0 Å². The van der Waals surface area contributed by atoms with Crippen molar-refractivity contribution >= 4 is 34.8 Å². The summed E-state index contributed by atoms with van der Waals surface area (Å²) >= 11 is 0. The third-order valence-corrected chi connectivity index (χ3v) is 4.68. The zero-order chi connectivity index (χ0) is 21.8. The van der Waals surface area contributed by atoms with Crippen molar-refractivity contribution in [3.05, 3.63) is 95.1 Å². The standard InChI is InChI=1S/C24H20N2O4/c1-15(27)17-7-11-21(12-8-17)26(22-13-9-18(10-14-22)16(2)28)24(30)20-5-3-19(4-6-20)23(25)29/h3-14H,1-2H3,(H2,25,29). The maximum atomic E-state index is 13.3. The van der Waals surface area contributed by atoms with E-state index in [-0.39, 0.29) is 17.5 Å². The third-order valence-electron chi connectivity index (χ3n) is 4.68. The summed E-state index contributed by atoms with van der Waals surface area (Å²) in [5, 5.41) is 0. The van der Waals surface area contributed by atoms with Crippen LogP contribution < -0.4 is 10.6 Å². The Bertz CT molecular complexity index is 1060. The highest BCUT2D eigenvalue weighted by molar-refractivity contribution is 6.11. The van der Waals surface area contributed by atoms with Crippen LogP contribution in [-0.4, -0.2) is 23.4 Å². The van der Waals surface area contributed by atoms with Crippen molar-refractivity contribution in [1.82, 2.24) is 0 Å². The molecule has 0 aliphatic heterocycles. The normalized spacial score (nSPS) is 10.3. The van der Waals surface area contributed by atoms with Gasteiger partial charge in [-0.25, -0.2) is 0 Å². The smallest absolute Gasteiger partial charge is 0.262 e. The second kappa shape index (κ2) is 8.53. The topological polar surface area (TPSA) is 97.5 Å². The van der Waals surface area contributed by atoms with E-state index in [1.807, 2.05) is 0 Å². The molecule has 0 spiro atoms. The van der Waals surface area contributed by atoms with Crippen LogP contribution in [0.5, 0.6) is 0 Å². The first kappa shape index (κ1) is 20.7. The Morgan fingerprint density at radius 3 is 1.23 bits per heavy atom. The van der Waals surface area contributed by atoms with E-state index in [4.69, 9.17) is 5.73 Å². The molecule has 0 bridgehead atoms. The SMILES string of the molecule is CC(=O)c1ccc(N(C(=O)c2ccc(C(N)=O)cc2)c2ccc(C(C)=O)cc2)cc1. The molecular weight excluding hydrogens is 380 g/mol. The van der Waals surface area contributed by atoms with Crippen LogP contribution in [0.2, 0.25) is 0 Å². The minimum Gasteiger partial charge on any atom is -0.366 e. The fourth-order valence-corrected chi connectivity index (χ4v) is 2.98. The van der Waals surface area contributed by atoms with Crippen LogP contribution in [0.1, 0.15) is 55.3 Å². The third kappa shape index (κ3) is 4.33. The van der Waals surface area contributed by atoms with Gasteiger partial charge in [0.15, 0.2) is 11.6 Å². The number of amides is 2. The van der Waals surface area contributed by atoms with Gasteiger partial charge >= 0.3 is 0 Å². The van der Waals surface area contributed by atoms with Gasteiger partial charge < -0.3 is 5.73 Å². The van der Waals surface area contributed by atoms with E-state index >= 15 is 0 Å². The molecule has 3 aromatic rings. The second-order valence-electron chi connectivity index (χ2n) is 6.79. The number of carbonyl (C=O) groups is 4. The molecule has 0 saturated carbocycles. The highest BCUT2D eigenvalue weighted by atomic mass is 16.2. The van der Waals surface area contributed by atoms with Crippen LogP contribution in [0.3, 0.4) is 0 Å². The molecule has 0 aliphatic carbocycles. The van der Waals surface area contributed by atoms with Crippen molar-refractivity contribution in [1.29, 1.82) is 0 Å². The van der Waals surface area contributed by atoms with Gasteiger partial charge in [-0.3, -0.25) is 24.1 Å². The number of nitrogens with zero attached hydrogens (tertiary/aromatic N) is 1. The molecule has 0 aromatic heterocycles. The number of primary amides is 1. The lowest BCUT2D eigenvalue weighted by molar-refractivity contribution is 0.0988. The Morgan fingerprint density at radius 1 is 0.567 bits per heavy atom. The predicted octanol–water partition coefficient (Wildman–Crippen LogP) is 4.17. The largest absolute Gasteiger partial charge is 0.366 e. The molecule has 0 saturated heterocycles. The van der Waals surface area contributed by atoms with E-state index in [1.54, 1.807) is 48.5 Å². The summed E-state index contributed by atoms with van der Waals surface area (Å²) < 4.78 is 0. The van der Waals surface area contributed by atoms with Crippen LogP contribution >= 0.6 is 0 Å².